The number of rotatable bonds is 7. The van der Waals surface area contributed by atoms with E-state index < -0.39 is 11.8 Å². The van der Waals surface area contributed by atoms with E-state index in [9.17, 15) is 9.18 Å². The van der Waals surface area contributed by atoms with Gasteiger partial charge in [-0.15, -0.1) is 11.8 Å². The van der Waals surface area contributed by atoms with Crippen LogP contribution in [0.2, 0.25) is 0 Å². The highest BCUT2D eigenvalue weighted by molar-refractivity contribution is 7.99. The number of thioether (sulfide) groups is 1. The smallest absolute Gasteiger partial charge is 0.338 e. The van der Waals surface area contributed by atoms with Crippen LogP contribution in [0, 0.1) is 5.82 Å². The summed E-state index contributed by atoms with van der Waals surface area (Å²) in [7, 11) is 0. The molecular weight excluding hydrogens is 239 g/mol. The van der Waals surface area contributed by atoms with Crippen molar-refractivity contribution in [1.29, 1.82) is 0 Å². The van der Waals surface area contributed by atoms with Gasteiger partial charge >= 0.3 is 5.97 Å². The molecule has 0 amide bonds. The third-order valence-electron chi connectivity index (χ3n) is 2.43. The fourth-order valence-corrected chi connectivity index (χ4v) is 2.43. The van der Waals surface area contributed by atoms with Crippen LogP contribution in [0.3, 0.4) is 0 Å². The molecule has 2 nitrogen and oxygen atoms in total. The van der Waals surface area contributed by atoms with Crippen molar-refractivity contribution in [3.63, 3.8) is 0 Å². The van der Waals surface area contributed by atoms with Gasteiger partial charge < -0.3 is 5.11 Å². The predicted octanol–water partition coefficient (Wildman–Crippen LogP) is 4.20. The Morgan fingerprint density at radius 1 is 1.35 bits per heavy atom. The van der Waals surface area contributed by atoms with Gasteiger partial charge in [-0.3, -0.25) is 0 Å². The molecule has 1 N–H and O–H groups in total. The monoisotopic (exact) mass is 256 g/mol. The van der Waals surface area contributed by atoms with Crippen LogP contribution in [0.4, 0.5) is 4.39 Å². The lowest BCUT2D eigenvalue weighted by atomic mass is 10.2. The Balaban J connectivity index is 2.49. The Kier molecular flexibility index (Phi) is 6.05. The van der Waals surface area contributed by atoms with Gasteiger partial charge in [0, 0.05) is 4.90 Å². The van der Waals surface area contributed by atoms with Gasteiger partial charge in [0.25, 0.3) is 0 Å². The molecule has 0 bridgehead atoms. The molecule has 1 aromatic rings. The van der Waals surface area contributed by atoms with E-state index in [1.54, 1.807) is 17.8 Å². The van der Waals surface area contributed by atoms with Crippen molar-refractivity contribution in [1.82, 2.24) is 0 Å². The molecule has 17 heavy (non-hydrogen) atoms. The van der Waals surface area contributed by atoms with Crippen LogP contribution in [0.5, 0.6) is 0 Å². The summed E-state index contributed by atoms with van der Waals surface area (Å²) < 4.78 is 13.1. The molecule has 1 rings (SSSR count). The molecule has 0 fully saturated rings. The summed E-state index contributed by atoms with van der Waals surface area (Å²) in [4.78, 5) is 11.6. The lowest BCUT2D eigenvalue weighted by molar-refractivity contribution is 0.0691. The predicted molar refractivity (Wildman–Crippen MR) is 68.2 cm³/mol. The van der Waals surface area contributed by atoms with Crippen LogP contribution in [-0.2, 0) is 0 Å². The lowest BCUT2D eigenvalue weighted by Gasteiger charge is -2.03. The van der Waals surface area contributed by atoms with E-state index in [-0.39, 0.29) is 5.56 Å². The number of unbranched alkanes of at least 4 members (excludes halogenated alkanes) is 3. The van der Waals surface area contributed by atoms with Gasteiger partial charge in [0.1, 0.15) is 5.82 Å². The second-order valence-corrected chi connectivity index (χ2v) is 5.02. The first-order chi connectivity index (χ1) is 8.15. The number of benzene rings is 1. The first kappa shape index (κ1) is 14.0. The van der Waals surface area contributed by atoms with Crippen LogP contribution in [0.25, 0.3) is 0 Å². The number of halogens is 1. The van der Waals surface area contributed by atoms with Crippen molar-refractivity contribution < 1.29 is 14.3 Å². The molecule has 0 spiro atoms. The molecular formula is C13H17FO2S. The Labute approximate surface area is 105 Å². The van der Waals surface area contributed by atoms with Crippen molar-refractivity contribution in [3.8, 4) is 0 Å². The molecule has 0 aliphatic rings. The molecule has 0 saturated heterocycles. The third kappa shape index (κ3) is 4.77. The largest absolute Gasteiger partial charge is 0.478 e. The highest BCUT2D eigenvalue weighted by atomic mass is 32.2. The zero-order chi connectivity index (χ0) is 12.7. The summed E-state index contributed by atoms with van der Waals surface area (Å²) >= 11 is 1.58. The van der Waals surface area contributed by atoms with Crippen molar-refractivity contribution in [3.05, 3.63) is 29.6 Å². The number of carboxylic acid groups (broad SMARTS) is 1. The van der Waals surface area contributed by atoms with Crippen molar-refractivity contribution in [2.75, 3.05) is 5.75 Å². The third-order valence-corrected chi connectivity index (χ3v) is 3.51. The molecule has 0 aliphatic heterocycles. The fraction of sp³-hybridized carbons (Fsp3) is 0.462. The number of hydrogen-bond acceptors (Lipinski definition) is 2. The normalized spacial score (nSPS) is 10.5. The van der Waals surface area contributed by atoms with Crippen LogP contribution in [0.1, 0.15) is 43.0 Å². The van der Waals surface area contributed by atoms with E-state index in [0.29, 0.717) is 0 Å². The lowest BCUT2D eigenvalue weighted by Crippen LogP contribution is -2.00. The Morgan fingerprint density at radius 3 is 2.76 bits per heavy atom. The number of aromatic carboxylic acids is 1. The average molecular weight is 256 g/mol. The number of carbonyl (C=O) groups is 1. The molecule has 0 atom stereocenters. The topological polar surface area (TPSA) is 37.3 Å². The fourth-order valence-electron chi connectivity index (χ4n) is 1.48. The highest BCUT2D eigenvalue weighted by Gasteiger charge is 2.10. The first-order valence-electron chi connectivity index (χ1n) is 5.80. The summed E-state index contributed by atoms with van der Waals surface area (Å²) in [6.07, 6.45) is 4.73. The number of hydrogen-bond donors (Lipinski definition) is 1. The van der Waals surface area contributed by atoms with Gasteiger partial charge in [-0.25, -0.2) is 9.18 Å². The summed E-state index contributed by atoms with van der Waals surface area (Å²) in [5.74, 6) is -0.936. The van der Waals surface area contributed by atoms with Crippen LogP contribution in [-0.4, -0.2) is 16.8 Å². The van der Waals surface area contributed by atoms with Gasteiger partial charge in [-0.05, 0) is 30.4 Å². The van der Waals surface area contributed by atoms with Gasteiger partial charge in [0.05, 0.1) is 5.56 Å². The summed E-state index contributed by atoms with van der Waals surface area (Å²) in [6.45, 7) is 2.16. The molecule has 94 valence electrons. The minimum Gasteiger partial charge on any atom is -0.478 e. The standard InChI is InChI=1S/C13H17FO2S/c1-2-3-4-5-8-17-10-6-7-12(14)11(9-10)13(15)16/h6-7,9H,2-5,8H2,1H3,(H,15,16). The van der Waals surface area contributed by atoms with E-state index >= 15 is 0 Å². The molecule has 0 unspecified atom stereocenters. The maximum atomic E-state index is 13.1. The average Bonchev–Trinajstić information content (AvgIpc) is 2.30. The second kappa shape index (κ2) is 7.33. The Bertz CT molecular complexity index is 380. The van der Waals surface area contributed by atoms with Crippen LogP contribution in [0.15, 0.2) is 23.1 Å². The van der Waals surface area contributed by atoms with E-state index in [4.69, 9.17) is 5.11 Å². The first-order valence-corrected chi connectivity index (χ1v) is 6.79. The Morgan fingerprint density at radius 2 is 2.12 bits per heavy atom. The zero-order valence-corrected chi connectivity index (χ0v) is 10.7. The van der Waals surface area contributed by atoms with Crippen molar-refractivity contribution in [2.45, 2.75) is 37.5 Å². The van der Waals surface area contributed by atoms with Crippen LogP contribution < -0.4 is 0 Å². The quantitative estimate of drug-likeness (QED) is 0.587. The molecule has 1 aromatic carbocycles. The summed E-state index contributed by atoms with van der Waals surface area (Å²) in [6, 6.07) is 4.26. The summed E-state index contributed by atoms with van der Waals surface area (Å²) in [5, 5.41) is 8.78. The van der Waals surface area contributed by atoms with E-state index in [1.807, 2.05) is 0 Å². The minimum atomic E-state index is -1.21. The SMILES string of the molecule is CCCCCCSc1ccc(F)c(C(=O)O)c1. The molecule has 0 radical (unpaired) electrons. The molecule has 0 saturated carbocycles. The van der Waals surface area contributed by atoms with Gasteiger partial charge in [0.2, 0.25) is 0 Å². The molecule has 0 heterocycles. The van der Waals surface area contributed by atoms with Crippen LogP contribution >= 0.6 is 11.8 Å². The highest BCUT2D eigenvalue weighted by Crippen LogP contribution is 2.22. The minimum absolute atomic E-state index is 0.247. The van der Waals surface area contributed by atoms with Gasteiger partial charge in [0.15, 0.2) is 0 Å². The van der Waals surface area contributed by atoms with E-state index in [1.165, 1.54) is 31.4 Å². The molecule has 4 heteroatoms. The molecule has 0 aliphatic carbocycles. The summed E-state index contributed by atoms with van der Waals surface area (Å²) in [5.41, 5.74) is -0.247. The van der Waals surface area contributed by atoms with Gasteiger partial charge in [-0.2, -0.15) is 0 Å². The zero-order valence-electron chi connectivity index (χ0n) is 9.91. The number of carboxylic acids is 1. The van der Waals surface area contributed by atoms with Gasteiger partial charge in [-0.1, -0.05) is 26.2 Å². The second-order valence-electron chi connectivity index (χ2n) is 3.86. The van der Waals surface area contributed by atoms with E-state index in [0.717, 1.165) is 17.1 Å². The van der Waals surface area contributed by atoms with Crippen molar-refractivity contribution >= 4 is 17.7 Å². The maximum Gasteiger partial charge on any atom is 0.338 e. The molecule has 0 aromatic heterocycles. The Hall–Kier alpha value is -1.03. The van der Waals surface area contributed by atoms with Crippen molar-refractivity contribution in [2.24, 2.45) is 0 Å². The maximum absolute atomic E-state index is 13.1. The van der Waals surface area contributed by atoms with E-state index in [2.05, 4.69) is 6.92 Å².